The van der Waals surface area contributed by atoms with Crippen LogP contribution in [-0.4, -0.2) is 14.2 Å². The molecule has 106 valence electrons. The van der Waals surface area contributed by atoms with Gasteiger partial charge in [-0.15, -0.1) is 0 Å². The third kappa shape index (κ3) is 3.08. The third-order valence-corrected chi connectivity index (χ3v) is 4.29. The average molecular weight is 357 g/mol. The van der Waals surface area contributed by atoms with Crippen LogP contribution in [-0.2, 0) is 0 Å². The van der Waals surface area contributed by atoms with Crippen LogP contribution in [0.15, 0.2) is 40.9 Å². The molecule has 0 aliphatic rings. The fourth-order valence-corrected chi connectivity index (χ4v) is 2.47. The highest BCUT2D eigenvalue weighted by molar-refractivity contribution is 9.10. The van der Waals surface area contributed by atoms with Crippen molar-refractivity contribution in [1.82, 2.24) is 0 Å². The van der Waals surface area contributed by atoms with Gasteiger partial charge in [-0.1, -0.05) is 17.7 Å². The van der Waals surface area contributed by atoms with Gasteiger partial charge in [0.1, 0.15) is 11.5 Å². The normalized spacial score (nSPS) is 12.1. The molecule has 0 aromatic heterocycles. The Morgan fingerprint density at radius 2 is 1.85 bits per heavy atom. The summed E-state index contributed by atoms with van der Waals surface area (Å²) in [7, 11) is 3.23. The maximum absolute atomic E-state index is 6.32. The van der Waals surface area contributed by atoms with Gasteiger partial charge in [0.25, 0.3) is 0 Å². The molecule has 0 aliphatic carbocycles. The van der Waals surface area contributed by atoms with Crippen LogP contribution in [0.3, 0.4) is 0 Å². The molecule has 0 heterocycles. The van der Waals surface area contributed by atoms with Gasteiger partial charge in [0.15, 0.2) is 0 Å². The smallest absolute Gasteiger partial charge is 0.127 e. The number of nitrogens with two attached hydrogens (primary N) is 1. The van der Waals surface area contributed by atoms with Crippen molar-refractivity contribution < 1.29 is 9.47 Å². The van der Waals surface area contributed by atoms with Crippen LogP contribution in [0, 0.1) is 0 Å². The Morgan fingerprint density at radius 3 is 2.45 bits per heavy atom. The molecule has 0 aliphatic heterocycles. The summed E-state index contributed by atoms with van der Waals surface area (Å²) >= 11 is 9.41. The fraction of sp³-hybridized carbons (Fsp3) is 0.200. The Bertz CT molecular complexity index is 619. The zero-order valence-corrected chi connectivity index (χ0v) is 13.5. The molecule has 0 fully saturated rings. The number of ether oxygens (including phenoxy) is 2. The fourth-order valence-electron chi connectivity index (χ4n) is 1.96. The predicted molar refractivity (Wildman–Crippen MR) is 84.7 cm³/mol. The van der Waals surface area contributed by atoms with Gasteiger partial charge in [-0.25, -0.2) is 0 Å². The van der Waals surface area contributed by atoms with Crippen molar-refractivity contribution in [3.05, 3.63) is 57.0 Å². The summed E-state index contributed by atoms with van der Waals surface area (Å²) in [6, 6.07) is 10.9. The van der Waals surface area contributed by atoms with Gasteiger partial charge in [0.2, 0.25) is 0 Å². The van der Waals surface area contributed by atoms with E-state index in [9.17, 15) is 0 Å². The van der Waals surface area contributed by atoms with E-state index < -0.39 is 0 Å². The van der Waals surface area contributed by atoms with Crippen molar-refractivity contribution in [2.24, 2.45) is 5.73 Å². The largest absolute Gasteiger partial charge is 0.497 e. The van der Waals surface area contributed by atoms with Crippen LogP contribution in [0.25, 0.3) is 0 Å². The van der Waals surface area contributed by atoms with Crippen LogP contribution in [0.4, 0.5) is 0 Å². The van der Waals surface area contributed by atoms with E-state index in [4.69, 9.17) is 26.8 Å². The molecule has 2 aromatic carbocycles. The monoisotopic (exact) mass is 355 g/mol. The molecule has 2 rings (SSSR count). The minimum Gasteiger partial charge on any atom is -0.497 e. The second kappa shape index (κ2) is 6.48. The first-order valence-corrected chi connectivity index (χ1v) is 7.16. The van der Waals surface area contributed by atoms with Crippen LogP contribution < -0.4 is 15.2 Å². The van der Waals surface area contributed by atoms with Crippen LogP contribution in [0.5, 0.6) is 11.5 Å². The molecular formula is C15H15BrClNO2. The molecule has 0 spiro atoms. The molecule has 2 N–H and O–H groups in total. The van der Waals surface area contributed by atoms with E-state index in [2.05, 4.69) is 15.9 Å². The summed E-state index contributed by atoms with van der Waals surface area (Å²) in [6.07, 6.45) is 0. The van der Waals surface area contributed by atoms with E-state index in [0.29, 0.717) is 10.8 Å². The highest BCUT2D eigenvalue weighted by Gasteiger charge is 2.15. The number of hydrogen-bond donors (Lipinski definition) is 1. The van der Waals surface area contributed by atoms with Crippen molar-refractivity contribution in [3.8, 4) is 11.5 Å². The maximum atomic E-state index is 6.32. The zero-order valence-electron chi connectivity index (χ0n) is 11.2. The van der Waals surface area contributed by atoms with Gasteiger partial charge >= 0.3 is 0 Å². The minimum atomic E-state index is -0.301. The summed E-state index contributed by atoms with van der Waals surface area (Å²) in [5.41, 5.74) is 8.16. The molecule has 0 amide bonds. The Morgan fingerprint density at radius 1 is 1.10 bits per heavy atom. The predicted octanol–water partition coefficient (Wildman–Crippen LogP) is 4.17. The zero-order chi connectivity index (χ0) is 14.7. The average Bonchev–Trinajstić information content (AvgIpc) is 2.48. The van der Waals surface area contributed by atoms with Crippen molar-refractivity contribution >= 4 is 27.5 Å². The van der Waals surface area contributed by atoms with E-state index in [0.717, 1.165) is 21.3 Å². The molecule has 0 saturated carbocycles. The topological polar surface area (TPSA) is 44.5 Å². The van der Waals surface area contributed by atoms with Crippen molar-refractivity contribution in [2.45, 2.75) is 6.04 Å². The van der Waals surface area contributed by atoms with Gasteiger partial charge in [0, 0.05) is 16.1 Å². The Hall–Kier alpha value is -1.23. The quantitative estimate of drug-likeness (QED) is 0.894. The highest BCUT2D eigenvalue weighted by atomic mass is 79.9. The van der Waals surface area contributed by atoms with Gasteiger partial charge in [-0.05, 0) is 45.8 Å². The minimum absolute atomic E-state index is 0.301. The van der Waals surface area contributed by atoms with Crippen molar-refractivity contribution in [1.29, 1.82) is 0 Å². The Labute approximate surface area is 131 Å². The van der Waals surface area contributed by atoms with Crippen LogP contribution in [0.1, 0.15) is 17.2 Å². The SMILES string of the molecule is COc1ccc(C(N)c2ccc(Cl)c(Br)c2)c(OC)c1. The van der Waals surface area contributed by atoms with Gasteiger partial charge < -0.3 is 15.2 Å². The van der Waals surface area contributed by atoms with Gasteiger partial charge in [-0.3, -0.25) is 0 Å². The summed E-state index contributed by atoms with van der Waals surface area (Å²) < 4.78 is 11.4. The van der Waals surface area contributed by atoms with E-state index in [1.807, 2.05) is 36.4 Å². The molecule has 3 nitrogen and oxygen atoms in total. The van der Waals surface area contributed by atoms with Gasteiger partial charge in [-0.2, -0.15) is 0 Å². The van der Waals surface area contributed by atoms with Crippen molar-refractivity contribution in [3.63, 3.8) is 0 Å². The molecule has 0 bridgehead atoms. The number of benzene rings is 2. The van der Waals surface area contributed by atoms with Crippen LogP contribution >= 0.6 is 27.5 Å². The number of rotatable bonds is 4. The maximum Gasteiger partial charge on any atom is 0.127 e. The first kappa shape index (κ1) is 15.2. The second-order valence-electron chi connectivity index (χ2n) is 4.26. The third-order valence-electron chi connectivity index (χ3n) is 3.08. The van der Waals surface area contributed by atoms with E-state index in [-0.39, 0.29) is 6.04 Å². The van der Waals surface area contributed by atoms with Gasteiger partial charge in [0.05, 0.1) is 25.3 Å². The summed E-state index contributed by atoms with van der Waals surface area (Å²) in [5.74, 6) is 1.43. The molecule has 20 heavy (non-hydrogen) atoms. The molecule has 2 aromatic rings. The lowest BCUT2D eigenvalue weighted by Gasteiger charge is -2.17. The molecular weight excluding hydrogens is 342 g/mol. The number of methoxy groups -OCH3 is 2. The van der Waals surface area contributed by atoms with E-state index in [1.54, 1.807) is 14.2 Å². The van der Waals surface area contributed by atoms with Crippen molar-refractivity contribution in [2.75, 3.05) is 14.2 Å². The highest BCUT2D eigenvalue weighted by Crippen LogP contribution is 2.33. The first-order valence-electron chi connectivity index (χ1n) is 5.99. The molecule has 5 heteroatoms. The summed E-state index contributed by atoms with van der Waals surface area (Å²) in [5, 5.41) is 0.655. The molecule has 0 radical (unpaired) electrons. The molecule has 1 atom stereocenters. The number of halogens is 2. The second-order valence-corrected chi connectivity index (χ2v) is 5.52. The summed E-state index contributed by atoms with van der Waals surface area (Å²) in [4.78, 5) is 0. The van der Waals surface area contributed by atoms with E-state index >= 15 is 0 Å². The standard InChI is InChI=1S/C15H15BrClNO2/c1-19-10-4-5-11(14(8-10)20-2)15(18)9-3-6-13(17)12(16)7-9/h3-8,15H,18H2,1-2H3. The Kier molecular flexibility index (Phi) is 4.91. The summed E-state index contributed by atoms with van der Waals surface area (Å²) in [6.45, 7) is 0. The van der Waals surface area contributed by atoms with Crippen LogP contribution in [0.2, 0.25) is 5.02 Å². The lowest BCUT2D eigenvalue weighted by atomic mass is 9.98. The molecule has 1 unspecified atom stereocenters. The lowest BCUT2D eigenvalue weighted by Crippen LogP contribution is -2.13. The number of hydrogen-bond acceptors (Lipinski definition) is 3. The first-order chi connectivity index (χ1) is 9.56. The van der Waals surface area contributed by atoms with E-state index in [1.165, 1.54) is 0 Å². The lowest BCUT2D eigenvalue weighted by molar-refractivity contribution is 0.390. The molecule has 0 saturated heterocycles. The Balaban J connectivity index is 2.41.